The van der Waals surface area contributed by atoms with E-state index in [1.165, 1.54) is 0 Å². The molecule has 2 aromatic heterocycles. The predicted octanol–water partition coefficient (Wildman–Crippen LogP) is 0.506. The molecular formula is C11H15N5O. The molecule has 0 saturated heterocycles. The number of imidazole rings is 1. The van der Waals surface area contributed by atoms with Gasteiger partial charge >= 0.3 is 0 Å². The van der Waals surface area contributed by atoms with Gasteiger partial charge in [0.15, 0.2) is 0 Å². The van der Waals surface area contributed by atoms with Crippen molar-refractivity contribution in [2.45, 2.75) is 12.8 Å². The molecule has 0 bridgehead atoms. The van der Waals surface area contributed by atoms with E-state index in [9.17, 15) is 4.79 Å². The molecule has 1 amide bonds. The van der Waals surface area contributed by atoms with Gasteiger partial charge < -0.3 is 10.3 Å². The van der Waals surface area contributed by atoms with Crippen LogP contribution in [0, 0.1) is 0 Å². The molecule has 0 spiro atoms. The van der Waals surface area contributed by atoms with Crippen LogP contribution in [0.2, 0.25) is 0 Å². The first-order valence-corrected chi connectivity index (χ1v) is 5.52. The Morgan fingerprint density at radius 2 is 2.47 bits per heavy atom. The normalized spacial score (nSPS) is 10.4. The van der Waals surface area contributed by atoms with Crippen LogP contribution < -0.4 is 5.32 Å². The summed E-state index contributed by atoms with van der Waals surface area (Å²) in [7, 11) is 1.79. The van der Waals surface area contributed by atoms with Gasteiger partial charge in [0.1, 0.15) is 11.5 Å². The third kappa shape index (κ3) is 3.17. The quantitative estimate of drug-likeness (QED) is 0.739. The number of hydrogen-bond acceptors (Lipinski definition) is 3. The SMILES string of the molecule is Cn1ccc(C(=O)NCCCc2ncc[nH]2)n1. The van der Waals surface area contributed by atoms with Gasteiger partial charge in [-0.15, -0.1) is 0 Å². The number of rotatable bonds is 5. The van der Waals surface area contributed by atoms with Crippen LogP contribution >= 0.6 is 0 Å². The van der Waals surface area contributed by atoms with Crippen molar-refractivity contribution in [2.75, 3.05) is 6.54 Å². The maximum atomic E-state index is 11.6. The van der Waals surface area contributed by atoms with Gasteiger partial charge in [-0.2, -0.15) is 5.10 Å². The molecule has 0 atom stereocenters. The van der Waals surface area contributed by atoms with Crippen LogP contribution in [0.1, 0.15) is 22.7 Å². The van der Waals surface area contributed by atoms with Gasteiger partial charge in [0.2, 0.25) is 0 Å². The van der Waals surface area contributed by atoms with E-state index < -0.39 is 0 Å². The van der Waals surface area contributed by atoms with Crippen LogP contribution in [0.3, 0.4) is 0 Å². The lowest BCUT2D eigenvalue weighted by atomic mass is 10.3. The number of aryl methyl sites for hydroxylation is 2. The highest BCUT2D eigenvalue weighted by Gasteiger charge is 2.07. The Kier molecular flexibility index (Phi) is 3.54. The van der Waals surface area contributed by atoms with E-state index in [2.05, 4.69) is 20.4 Å². The van der Waals surface area contributed by atoms with E-state index in [4.69, 9.17) is 0 Å². The van der Waals surface area contributed by atoms with Crippen LogP contribution in [0.25, 0.3) is 0 Å². The minimum atomic E-state index is -0.134. The van der Waals surface area contributed by atoms with E-state index in [0.29, 0.717) is 12.2 Å². The Bertz CT molecular complexity index is 474. The van der Waals surface area contributed by atoms with Gasteiger partial charge in [-0.3, -0.25) is 9.48 Å². The molecule has 90 valence electrons. The summed E-state index contributed by atoms with van der Waals surface area (Å²) in [6.07, 6.45) is 6.95. The van der Waals surface area contributed by atoms with Crippen LogP contribution in [0.5, 0.6) is 0 Å². The Morgan fingerprint density at radius 1 is 1.59 bits per heavy atom. The van der Waals surface area contributed by atoms with Gasteiger partial charge in [-0.25, -0.2) is 4.98 Å². The molecule has 2 rings (SSSR count). The Balaban J connectivity index is 1.70. The van der Waals surface area contributed by atoms with Crippen LogP contribution in [0.15, 0.2) is 24.7 Å². The molecule has 0 aliphatic carbocycles. The van der Waals surface area contributed by atoms with E-state index in [1.807, 2.05) is 0 Å². The summed E-state index contributed by atoms with van der Waals surface area (Å²) in [6.45, 7) is 0.621. The lowest BCUT2D eigenvalue weighted by Crippen LogP contribution is -2.25. The second-order valence-corrected chi connectivity index (χ2v) is 3.77. The molecule has 0 saturated carbocycles. The highest BCUT2D eigenvalue weighted by atomic mass is 16.1. The maximum Gasteiger partial charge on any atom is 0.271 e. The Morgan fingerprint density at radius 3 is 3.12 bits per heavy atom. The molecule has 6 nitrogen and oxygen atoms in total. The average Bonchev–Trinajstić information content (AvgIpc) is 2.95. The van der Waals surface area contributed by atoms with E-state index in [-0.39, 0.29) is 5.91 Å². The predicted molar refractivity (Wildman–Crippen MR) is 62.4 cm³/mol. The fourth-order valence-electron chi connectivity index (χ4n) is 1.52. The first kappa shape index (κ1) is 11.4. The molecule has 2 heterocycles. The zero-order chi connectivity index (χ0) is 12.1. The number of aromatic amines is 1. The number of nitrogens with one attached hydrogen (secondary N) is 2. The van der Waals surface area contributed by atoms with Gasteiger partial charge in [-0.1, -0.05) is 0 Å². The molecule has 0 fully saturated rings. The van der Waals surface area contributed by atoms with Crippen LogP contribution in [0.4, 0.5) is 0 Å². The smallest absolute Gasteiger partial charge is 0.271 e. The number of nitrogens with zero attached hydrogens (tertiary/aromatic N) is 3. The minimum Gasteiger partial charge on any atom is -0.351 e. The van der Waals surface area contributed by atoms with Gasteiger partial charge in [-0.05, 0) is 12.5 Å². The van der Waals surface area contributed by atoms with Gasteiger partial charge in [0, 0.05) is 38.6 Å². The number of carbonyl (C=O) groups excluding carboxylic acids is 1. The van der Waals surface area contributed by atoms with Crippen molar-refractivity contribution in [1.29, 1.82) is 0 Å². The molecule has 6 heteroatoms. The molecule has 17 heavy (non-hydrogen) atoms. The van der Waals surface area contributed by atoms with Crippen molar-refractivity contribution in [3.05, 3.63) is 36.2 Å². The van der Waals surface area contributed by atoms with Crippen molar-refractivity contribution in [3.8, 4) is 0 Å². The Hall–Kier alpha value is -2.11. The lowest BCUT2D eigenvalue weighted by molar-refractivity contribution is 0.0947. The summed E-state index contributed by atoms with van der Waals surface area (Å²) >= 11 is 0. The maximum absolute atomic E-state index is 11.6. The zero-order valence-corrected chi connectivity index (χ0v) is 9.68. The van der Waals surface area contributed by atoms with Crippen molar-refractivity contribution >= 4 is 5.91 Å². The second-order valence-electron chi connectivity index (χ2n) is 3.77. The summed E-state index contributed by atoms with van der Waals surface area (Å²) < 4.78 is 1.61. The third-order valence-electron chi connectivity index (χ3n) is 2.38. The molecule has 0 aliphatic heterocycles. The average molecular weight is 233 g/mol. The second kappa shape index (κ2) is 5.29. The largest absolute Gasteiger partial charge is 0.351 e. The molecule has 2 N–H and O–H groups in total. The number of carbonyl (C=O) groups is 1. The van der Waals surface area contributed by atoms with Crippen molar-refractivity contribution in [3.63, 3.8) is 0 Å². The van der Waals surface area contributed by atoms with E-state index in [1.54, 1.807) is 36.4 Å². The van der Waals surface area contributed by atoms with Crippen LogP contribution in [-0.2, 0) is 13.5 Å². The van der Waals surface area contributed by atoms with Crippen LogP contribution in [-0.4, -0.2) is 32.2 Å². The number of hydrogen-bond donors (Lipinski definition) is 2. The van der Waals surface area contributed by atoms with Gasteiger partial charge in [0.25, 0.3) is 5.91 Å². The fourth-order valence-corrected chi connectivity index (χ4v) is 1.52. The zero-order valence-electron chi connectivity index (χ0n) is 9.68. The highest BCUT2D eigenvalue weighted by Crippen LogP contribution is 1.96. The number of amides is 1. The Labute approximate surface area is 99.1 Å². The summed E-state index contributed by atoms with van der Waals surface area (Å²) in [4.78, 5) is 18.7. The number of aromatic nitrogens is 4. The molecule has 0 aliphatic rings. The molecule has 0 radical (unpaired) electrons. The van der Waals surface area contributed by atoms with Crippen molar-refractivity contribution in [2.24, 2.45) is 7.05 Å². The third-order valence-corrected chi connectivity index (χ3v) is 2.38. The molecule has 0 unspecified atom stereocenters. The summed E-state index contributed by atoms with van der Waals surface area (Å²) in [6, 6.07) is 1.70. The van der Waals surface area contributed by atoms with E-state index in [0.717, 1.165) is 18.7 Å². The first-order chi connectivity index (χ1) is 8.25. The number of H-pyrrole nitrogens is 1. The lowest BCUT2D eigenvalue weighted by Gasteiger charge is -2.01. The molecular weight excluding hydrogens is 218 g/mol. The highest BCUT2D eigenvalue weighted by molar-refractivity contribution is 5.92. The molecule has 2 aromatic rings. The van der Waals surface area contributed by atoms with Crippen molar-refractivity contribution < 1.29 is 4.79 Å². The summed E-state index contributed by atoms with van der Waals surface area (Å²) in [5.74, 6) is 0.808. The standard InChI is InChI=1S/C11H15N5O/c1-16-8-4-9(15-16)11(17)14-5-2-3-10-12-6-7-13-10/h4,6-8H,2-3,5H2,1H3,(H,12,13)(H,14,17). The summed E-state index contributed by atoms with van der Waals surface area (Å²) in [5.41, 5.74) is 0.450. The first-order valence-electron chi connectivity index (χ1n) is 5.52. The minimum absolute atomic E-state index is 0.134. The topological polar surface area (TPSA) is 75.6 Å². The summed E-state index contributed by atoms with van der Waals surface area (Å²) in [5, 5.41) is 6.84. The molecule has 0 aromatic carbocycles. The fraction of sp³-hybridized carbons (Fsp3) is 0.364. The van der Waals surface area contributed by atoms with E-state index >= 15 is 0 Å². The van der Waals surface area contributed by atoms with Crippen molar-refractivity contribution in [1.82, 2.24) is 25.1 Å². The monoisotopic (exact) mass is 233 g/mol. The van der Waals surface area contributed by atoms with Gasteiger partial charge in [0.05, 0.1) is 0 Å².